The van der Waals surface area contributed by atoms with E-state index in [2.05, 4.69) is 10.6 Å². The van der Waals surface area contributed by atoms with Gasteiger partial charge in [0.05, 0.1) is 24.1 Å². The van der Waals surface area contributed by atoms with E-state index < -0.39 is 17.2 Å². The van der Waals surface area contributed by atoms with E-state index in [1.54, 1.807) is 17.0 Å². The summed E-state index contributed by atoms with van der Waals surface area (Å²) in [6.07, 6.45) is 2.97. The molecule has 1 aromatic carbocycles. The average molecular weight is 398 g/mol. The summed E-state index contributed by atoms with van der Waals surface area (Å²) in [5, 5.41) is 0. The van der Waals surface area contributed by atoms with Crippen LogP contribution in [0.4, 0.5) is 4.79 Å². The molecule has 7 nitrogen and oxygen atoms in total. The van der Waals surface area contributed by atoms with E-state index in [0.717, 1.165) is 11.4 Å². The summed E-state index contributed by atoms with van der Waals surface area (Å²) < 4.78 is 18.9. The van der Waals surface area contributed by atoms with E-state index in [9.17, 15) is 9.59 Å². The van der Waals surface area contributed by atoms with Gasteiger partial charge in [0.2, 0.25) is 0 Å². The second kappa shape index (κ2) is 6.83. The number of carbonyl (C=O) groups is 2. The van der Waals surface area contributed by atoms with Crippen molar-refractivity contribution < 1.29 is 23.8 Å². The Hall–Kier alpha value is -2.96. The van der Waals surface area contributed by atoms with Crippen molar-refractivity contribution in [3.63, 3.8) is 0 Å². The monoisotopic (exact) mass is 398 g/mol. The number of rotatable bonds is 1. The first-order valence-electron chi connectivity index (χ1n) is 9.80. The highest BCUT2D eigenvalue weighted by Gasteiger charge is 2.45. The maximum atomic E-state index is 12.4. The molecule has 1 aromatic heterocycles. The number of ether oxygens (including phenoxy) is 3. The van der Waals surface area contributed by atoms with Crippen molar-refractivity contribution in [2.24, 2.45) is 0 Å². The van der Waals surface area contributed by atoms with Gasteiger partial charge < -0.3 is 23.7 Å². The molecular formula is C22H26N2O5. The standard InChI is InChI=1S/C22H26N2O5/c1-21(2,3)29-20(26)23-12-9-22(10-13-23)18-6-5-11-24(18)16-8-7-15(19(25)27-4)14-17(16)28-22/h5-8,11,14H,9-10,12-13H2,1-4H3. The molecule has 0 saturated carbocycles. The zero-order valence-electron chi connectivity index (χ0n) is 17.2. The van der Waals surface area contributed by atoms with E-state index in [0.29, 0.717) is 37.2 Å². The number of amides is 1. The Morgan fingerprint density at radius 1 is 1.14 bits per heavy atom. The van der Waals surface area contributed by atoms with E-state index in [-0.39, 0.29) is 6.09 Å². The minimum atomic E-state index is -0.552. The van der Waals surface area contributed by atoms with Crippen LogP contribution in [0.15, 0.2) is 36.5 Å². The Morgan fingerprint density at radius 2 is 1.86 bits per heavy atom. The molecule has 0 N–H and O–H groups in total. The van der Waals surface area contributed by atoms with Gasteiger partial charge in [-0.2, -0.15) is 0 Å². The second-order valence-corrected chi connectivity index (χ2v) is 8.50. The smallest absolute Gasteiger partial charge is 0.410 e. The first kappa shape index (κ1) is 19.4. The molecule has 0 atom stereocenters. The van der Waals surface area contributed by atoms with E-state index in [1.165, 1.54) is 7.11 Å². The molecule has 2 aromatic rings. The zero-order chi connectivity index (χ0) is 20.8. The lowest BCUT2D eigenvalue weighted by Gasteiger charge is -2.45. The number of hydrogen-bond donors (Lipinski definition) is 0. The molecule has 29 heavy (non-hydrogen) atoms. The third kappa shape index (κ3) is 3.45. The van der Waals surface area contributed by atoms with Gasteiger partial charge in [-0.3, -0.25) is 0 Å². The van der Waals surface area contributed by atoms with Crippen LogP contribution in [-0.4, -0.2) is 47.3 Å². The Labute approximate surface area is 170 Å². The molecule has 0 aliphatic carbocycles. The van der Waals surface area contributed by atoms with E-state index in [4.69, 9.17) is 14.2 Å². The summed E-state index contributed by atoms with van der Waals surface area (Å²) in [5.41, 5.74) is 1.32. The van der Waals surface area contributed by atoms with Gasteiger partial charge in [-0.25, -0.2) is 9.59 Å². The van der Waals surface area contributed by atoms with Gasteiger partial charge in [-0.1, -0.05) is 0 Å². The maximum Gasteiger partial charge on any atom is 0.410 e. The molecule has 1 spiro atoms. The molecule has 1 amide bonds. The lowest BCUT2D eigenvalue weighted by molar-refractivity contribution is -0.0269. The third-order valence-corrected chi connectivity index (χ3v) is 5.38. The second-order valence-electron chi connectivity index (χ2n) is 8.50. The number of likely N-dealkylation sites (tertiary alicyclic amines) is 1. The van der Waals surface area contributed by atoms with Gasteiger partial charge in [0, 0.05) is 32.1 Å². The minimum Gasteiger partial charge on any atom is -0.479 e. The molecule has 2 aliphatic heterocycles. The maximum absolute atomic E-state index is 12.4. The molecule has 154 valence electrons. The molecule has 0 radical (unpaired) electrons. The van der Waals surface area contributed by atoms with E-state index in [1.807, 2.05) is 39.1 Å². The van der Waals surface area contributed by atoms with Crippen molar-refractivity contribution in [2.45, 2.75) is 44.8 Å². The van der Waals surface area contributed by atoms with Crippen LogP contribution >= 0.6 is 0 Å². The highest BCUT2D eigenvalue weighted by atomic mass is 16.6. The number of hydrogen-bond acceptors (Lipinski definition) is 5. The average Bonchev–Trinajstić information content (AvgIpc) is 3.17. The van der Waals surface area contributed by atoms with Gasteiger partial charge >= 0.3 is 12.1 Å². The van der Waals surface area contributed by atoms with Crippen LogP contribution in [0.2, 0.25) is 0 Å². The predicted octanol–water partition coefficient (Wildman–Crippen LogP) is 3.88. The van der Waals surface area contributed by atoms with Gasteiger partial charge in [0.1, 0.15) is 11.4 Å². The highest BCUT2D eigenvalue weighted by molar-refractivity contribution is 5.90. The molecule has 0 unspecified atom stereocenters. The number of nitrogens with zero attached hydrogens (tertiary/aromatic N) is 2. The third-order valence-electron chi connectivity index (χ3n) is 5.38. The Balaban J connectivity index is 1.61. The summed E-state index contributed by atoms with van der Waals surface area (Å²) in [4.78, 5) is 26.1. The number of carbonyl (C=O) groups excluding carboxylic acids is 2. The lowest BCUT2D eigenvalue weighted by Crippen LogP contribution is -2.50. The summed E-state index contributed by atoms with van der Waals surface area (Å²) in [5.74, 6) is 0.241. The number of fused-ring (bicyclic) bond motifs is 4. The summed E-state index contributed by atoms with van der Waals surface area (Å²) in [6.45, 7) is 6.66. The molecule has 4 rings (SSSR count). The Kier molecular flexibility index (Phi) is 4.56. The van der Waals surface area contributed by atoms with Crippen molar-refractivity contribution >= 4 is 12.1 Å². The van der Waals surface area contributed by atoms with Crippen LogP contribution in [0.25, 0.3) is 5.69 Å². The summed E-state index contributed by atoms with van der Waals surface area (Å²) in [7, 11) is 1.36. The number of aromatic nitrogens is 1. The minimum absolute atomic E-state index is 0.299. The SMILES string of the molecule is COC(=O)c1ccc2c(c1)OC1(CCN(C(=O)OC(C)(C)C)CC1)c1cccn1-2. The van der Waals surface area contributed by atoms with Gasteiger partial charge in [0.25, 0.3) is 0 Å². The lowest BCUT2D eigenvalue weighted by atomic mass is 9.86. The largest absolute Gasteiger partial charge is 0.479 e. The van der Waals surface area contributed by atoms with Crippen LogP contribution in [-0.2, 0) is 15.1 Å². The van der Waals surface area contributed by atoms with Crippen molar-refractivity contribution in [1.82, 2.24) is 9.47 Å². The molecule has 3 heterocycles. The van der Waals surface area contributed by atoms with Crippen molar-refractivity contribution in [2.75, 3.05) is 20.2 Å². The summed E-state index contributed by atoms with van der Waals surface area (Å²) in [6, 6.07) is 9.38. The molecule has 1 fully saturated rings. The van der Waals surface area contributed by atoms with Gasteiger partial charge in [0.15, 0.2) is 5.60 Å². The first-order valence-corrected chi connectivity index (χ1v) is 9.80. The zero-order valence-corrected chi connectivity index (χ0v) is 17.2. The highest BCUT2D eigenvalue weighted by Crippen LogP contribution is 2.45. The Morgan fingerprint density at radius 3 is 2.52 bits per heavy atom. The molecule has 1 saturated heterocycles. The molecule has 0 bridgehead atoms. The fraction of sp³-hybridized carbons (Fsp3) is 0.455. The summed E-state index contributed by atoms with van der Waals surface area (Å²) >= 11 is 0. The van der Waals surface area contributed by atoms with Crippen LogP contribution in [0.5, 0.6) is 5.75 Å². The normalized spacial score (nSPS) is 17.2. The number of benzene rings is 1. The van der Waals surface area contributed by atoms with Crippen LogP contribution in [0.1, 0.15) is 49.7 Å². The first-order chi connectivity index (χ1) is 13.7. The Bertz CT molecular complexity index is 948. The van der Waals surface area contributed by atoms with Gasteiger partial charge in [-0.15, -0.1) is 0 Å². The van der Waals surface area contributed by atoms with E-state index >= 15 is 0 Å². The fourth-order valence-electron chi connectivity index (χ4n) is 4.00. The van der Waals surface area contributed by atoms with Crippen molar-refractivity contribution in [1.29, 1.82) is 0 Å². The molecule has 7 heteroatoms. The number of piperidine rings is 1. The number of esters is 1. The number of methoxy groups -OCH3 is 1. The molecular weight excluding hydrogens is 372 g/mol. The van der Waals surface area contributed by atoms with Crippen LogP contribution < -0.4 is 4.74 Å². The van der Waals surface area contributed by atoms with Crippen molar-refractivity contribution in [3.8, 4) is 11.4 Å². The fourth-order valence-corrected chi connectivity index (χ4v) is 4.00. The van der Waals surface area contributed by atoms with Gasteiger partial charge in [-0.05, 0) is 51.1 Å². The quantitative estimate of drug-likeness (QED) is 0.682. The van der Waals surface area contributed by atoms with Crippen LogP contribution in [0.3, 0.4) is 0 Å². The predicted molar refractivity (Wildman–Crippen MR) is 106 cm³/mol. The molecule has 2 aliphatic rings. The topological polar surface area (TPSA) is 70.0 Å². The van der Waals surface area contributed by atoms with Crippen LogP contribution in [0, 0.1) is 0 Å². The van der Waals surface area contributed by atoms with Crippen molar-refractivity contribution in [3.05, 3.63) is 47.8 Å².